The molecular weight excluding hydrogens is 353 g/mol. The molecule has 1 aromatic carbocycles. The summed E-state index contributed by atoms with van der Waals surface area (Å²) in [6.07, 6.45) is 3.29. The first-order chi connectivity index (χ1) is 13.2. The second kappa shape index (κ2) is 9.51. The average Bonchev–Trinajstić information content (AvgIpc) is 2.60. The highest BCUT2D eigenvalue weighted by atomic mass is 19.1. The second-order valence-corrected chi connectivity index (χ2v) is 8.25. The molecule has 0 aliphatic heterocycles. The third-order valence-electron chi connectivity index (χ3n) is 5.17. The van der Waals surface area contributed by atoms with Crippen molar-refractivity contribution in [3.63, 3.8) is 0 Å². The summed E-state index contributed by atoms with van der Waals surface area (Å²) in [5.41, 5.74) is 5.04. The highest BCUT2D eigenvalue weighted by molar-refractivity contribution is 5.78. The van der Waals surface area contributed by atoms with Crippen molar-refractivity contribution >= 4 is 0 Å². The molecule has 2 aromatic rings. The Labute approximate surface area is 168 Å². The molecule has 4 heteroatoms. The molecule has 2 N–H and O–H groups in total. The number of aliphatic hydroxyl groups is 1. The molecule has 1 heterocycles. The van der Waals surface area contributed by atoms with Gasteiger partial charge in [0.25, 0.3) is 0 Å². The zero-order valence-electron chi connectivity index (χ0n) is 18.0. The summed E-state index contributed by atoms with van der Waals surface area (Å²) in [6, 6.07) is 4.12. The molecule has 3 nitrogen and oxygen atoms in total. The Hall–Kier alpha value is -1.94. The molecular formula is C24H34FNO2. The van der Waals surface area contributed by atoms with E-state index >= 15 is 0 Å². The zero-order valence-corrected chi connectivity index (χ0v) is 18.0. The number of aromatic hydroxyl groups is 1. The molecule has 2 rings (SSSR count). The normalized spacial score (nSPS) is 12.8. The van der Waals surface area contributed by atoms with E-state index in [1.165, 1.54) is 6.07 Å². The van der Waals surface area contributed by atoms with Crippen LogP contribution in [0.5, 0.6) is 5.75 Å². The lowest BCUT2D eigenvalue weighted by molar-refractivity contribution is 0.197. The van der Waals surface area contributed by atoms with Crippen LogP contribution >= 0.6 is 0 Å². The van der Waals surface area contributed by atoms with Crippen LogP contribution in [0.25, 0.3) is 11.1 Å². The fourth-order valence-electron chi connectivity index (χ4n) is 3.85. The molecule has 1 atom stereocenters. The van der Waals surface area contributed by atoms with E-state index in [2.05, 4.69) is 34.6 Å². The number of rotatable bonds is 8. The summed E-state index contributed by atoms with van der Waals surface area (Å²) in [5.74, 6) is -0.254. The van der Waals surface area contributed by atoms with Crippen LogP contribution in [0.1, 0.15) is 101 Å². The molecule has 28 heavy (non-hydrogen) atoms. The molecule has 1 unspecified atom stereocenters. The first kappa shape index (κ1) is 22.4. The summed E-state index contributed by atoms with van der Waals surface area (Å²) in [4.78, 5) is 4.99. The standard InChI is InChI=1S/C24H34FNO2/c1-7-8-9-10-19-22(18-12-11-17(25)13-20(18)28)21(16(6)27)24(15(4)5)26-23(19)14(2)3/h11-16,27-28H,7-10H2,1-6H3. The largest absolute Gasteiger partial charge is 0.507 e. The topological polar surface area (TPSA) is 53.4 Å². The van der Waals surface area contributed by atoms with Crippen molar-refractivity contribution in [1.82, 2.24) is 4.98 Å². The maximum Gasteiger partial charge on any atom is 0.126 e. The molecule has 1 aromatic heterocycles. The lowest BCUT2D eigenvalue weighted by Crippen LogP contribution is -2.14. The molecule has 0 spiro atoms. The monoisotopic (exact) mass is 387 g/mol. The number of aliphatic hydroxyl groups excluding tert-OH is 1. The van der Waals surface area contributed by atoms with Gasteiger partial charge in [-0.3, -0.25) is 4.98 Å². The first-order valence-electron chi connectivity index (χ1n) is 10.4. The van der Waals surface area contributed by atoms with Crippen LogP contribution in [0.15, 0.2) is 18.2 Å². The van der Waals surface area contributed by atoms with Gasteiger partial charge in [-0.2, -0.15) is 0 Å². The van der Waals surface area contributed by atoms with E-state index < -0.39 is 11.9 Å². The Morgan fingerprint density at radius 3 is 2.14 bits per heavy atom. The Bertz CT molecular complexity index is 813. The van der Waals surface area contributed by atoms with Crippen LogP contribution in [0.2, 0.25) is 0 Å². The number of phenolic OH excluding ortho intramolecular Hbond substituents is 1. The van der Waals surface area contributed by atoms with E-state index in [0.717, 1.165) is 59.8 Å². The molecule has 0 radical (unpaired) electrons. The lowest BCUT2D eigenvalue weighted by atomic mass is 9.83. The number of hydrogen-bond donors (Lipinski definition) is 2. The Balaban J connectivity index is 2.92. The summed E-state index contributed by atoms with van der Waals surface area (Å²) < 4.78 is 13.7. The molecule has 0 aliphatic rings. The van der Waals surface area contributed by atoms with E-state index in [-0.39, 0.29) is 17.6 Å². The molecule has 0 fully saturated rings. The fourth-order valence-corrected chi connectivity index (χ4v) is 3.85. The number of phenols is 1. The minimum atomic E-state index is -0.740. The van der Waals surface area contributed by atoms with Crippen molar-refractivity contribution < 1.29 is 14.6 Å². The van der Waals surface area contributed by atoms with Gasteiger partial charge < -0.3 is 10.2 Å². The molecule has 0 aliphatic carbocycles. The fraction of sp³-hybridized carbons (Fsp3) is 0.542. The highest BCUT2D eigenvalue weighted by Gasteiger charge is 2.27. The van der Waals surface area contributed by atoms with Crippen LogP contribution in [0.3, 0.4) is 0 Å². The Kier molecular flexibility index (Phi) is 7.59. The van der Waals surface area contributed by atoms with Crippen LogP contribution in [-0.2, 0) is 6.42 Å². The average molecular weight is 388 g/mol. The van der Waals surface area contributed by atoms with Crippen molar-refractivity contribution in [3.8, 4) is 16.9 Å². The van der Waals surface area contributed by atoms with Gasteiger partial charge >= 0.3 is 0 Å². The maximum atomic E-state index is 13.7. The molecule has 0 bridgehead atoms. The van der Waals surface area contributed by atoms with Crippen molar-refractivity contribution in [1.29, 1.82) is 0 Å². The number of pyridine rings is 1. The number of benzene rings is 1. The summed E-state index contributed by atoms with van der Waals surface area (Å²) >= 11 is 0. The van der Waals surface area contributed by atoms with Crippen molar-refractivity contribution in [3.05, 3.63) is 46.5 Å². The van der Waals surface area contributed by atoms with Gasteiger partial charge in [0, 0.05) is 28.6 Å². The van der Waals surface area contributed by atoms with Gasteiger partial charge in [-0.25, -0.2) is 4.39 Å². The minimum Gasteiger partial charge on any atom is -0.507 e. The number of halogens is 1. The van der Waals surface area contributed by atoms with Crippen molar-refractivity contribution in [2.45, 2.75) is 85.2 Å². The molecule has 0 amide bonds. The van der Waals surface area contributed by atoms with E-state index in [4.69, 9.17) is 4.98 Å². The summed E-state index contributed by atoms with van der Waals surface area (Å²) in [7, 11) is 0. The minimum absolute atomic E-state index is 0.103. The van der Waals surface area contributed by atoms with E-state index in [1.807, 2.05) is 0 Å². The number of aromatic nitrogens is 1. The van der Waals surface area contributed by atoms with Crippen LogP contribution in [0.4, 0.5) is 4.39 Å². The van der Waals surface area contributed by atoms with Gasteiger partial charge in [-0.05, 0) is 54.9 Å². The number of hydrogen-bond acceptors (Lipinski definition) is 3. The van der Waals surface area contributed by atoms with Crippen LogP contribution in [0, 0.1) is 5.82 Å². The molecule has 154 valence electrons. The van der Waals surface area contributed by atoms with E-state index in [0.29, 0.717) is 5.56 Å². The Morgan fingerprint density at radius 2 is 1.64 bits per heavy atom. The van der Waals surface area contributed by atoms with Gasteiger partial charge in [-0.15, -0.1) is 0 Å². The third kappa shape index (κ3) is 4.72. The second-order valence-electron chi connectivity index (χ2n) is 8.25. The maximum absolute atomic E-state index is 13.7. The van der Waals surface area contributed by atoms with Gasteiger partial charge in [0.2, 0.25) is 0 Å². The van der Waals surface area contributed by atoms with Crippen LogP contribution in [-0.4, -0.2) is 15.2 Å². The summed E-state index contributed by atoms with van der Waals surface area (Å²) in [5, 5.41) is 21.2. The lowest BCUT2D eigenvalue weighted by Gasteiger charge is -2.26. The summed E-state index contributed by atoms with van der Waals surface area (Å²) in [6.45, 7) is 12.3. The molecule has 0 saturated carbocycles. The van der Waals surface area contributed by atoms with Gasteiger partial charge in [-0.1, -0.05) is 47.5 Å². The predicted octanol–water partition coefficient (Wildman–Crippen LogP) is 6.63. The van der Waals surface area contributed by atoms with Gasteiger partial charge in [0.15, 0.2) is 0 Å². The number of unbranched alkanes of at least 4 members (excludes halogenated alkanes) is 2. The van der Waals surface area contributed by atoms with Crippen LogP contribution < -0.4 is 0 Å². The predicted molar refractivity (Wildman–Crippen MR) is 113 cm³/mol. The smallest absolute Gasteiger partial charge is 0.126 e. The number of nitrogens with zero attached hydrogens (tertiary/aromatic N) is 1. The SMILES string of the molecule is CCCCCc1c(C(C)C)nc(C(C)C)c(C(C)O)c1-c1ccc(F)cc1O. The zero-order chi connectivity index (χ0) is 21.0. The first-order valence-corrected chi connectivity index (χ1v) is 10.4. The third-order valence-corrected chi connectivity index (χ3v) is 5.17. The van der Waals surface area contributed by atoms with Gasteiger partial charge in [0.1, 0.15) is 11.6 Å². The quantitative estimate of drug-likeness (QED) is 0.500. The van der Waals surface area contributed by atoms with Crippen molar-refractivity contribution in [2.75, 3.05) is 0 Å². The van der Waals surface area contributed by atoms with Gasteiger partial charge in [0.05, 0.1) is 6.10 Å². The molecule has 0 saturated heterocycles. The van der Waals surface area contributed by atoms with E-state index in [9.17, 15) is 14.6 Å². The Morgan fingerprint density at radius 1 is 1.00 bits per heavy atom. The van der Waals surface area contributed by atoms with E-state index in [1.54, 1.807) is 13.0 Å². The highest BCUT2D eigenvalue weighted by Crippen LogP contribution is 2.43. The van der Waals surface area contributed by atoms with Crippen molar-refractivity contribution in [2.24, 2.45) is 0 Å².